The number of nitrogens with zero attached hydrogens (tertiary/aromatic N) is 1. The van der Waals surface area contributed by atoms with Crippen LogP contribution in [0.15, 0.2) is 48.5 Å². The van der Waals surface area contributed by atoms with Gasteiger partial charge in [-0.3, -0.25) is 24.5 Å². The van der Waals surface area contributed by atoms with Crippen LogP contribution in [0, 0.1) is 0 Å². The Morgan fingerprint density at radius 3 is 2.15 bits per heavy atom. The van der Waals surface area contributed by atoms with Crippen molar-refractivity contribution in [3.8, 4) is 11.1 Å². The Morgan fingerprint density at radius 2 is 1.59 bits per heavy atom. The van der Waals surface area contributed by atoms with Gasteiger partial charge in [0.25, 0.3) is 11.8 Å². The Labute approximate surface area is 200 Å². The van der Waals surface area contributed by atoms with E-state index >= 15 is 0 Å². The highest BCUT2D eigenvalue weighted by Gasteiger charge is 2.19. The monoisotopic (exact) mass is 469 g/mol. The first-order valence-corrected chi connectivity index (χ1v) is 11.5. The number of benzene rings is 2. The van der Waals surface area contributed by atoms with Gasteiger partial charge in [0.15, 0.2) is 0 Å². The number of hydroxylamine groups is 1. The summed E-state index contributed by atoms with van der Waals surface area (Å²) in [6.45, 7) is 3.29. The number of hydrogen-bond donors (Lipinski definition) is 5. The van der Waals surface area contributed by atoms with Crippen molar-refractivity contribution in [1.82, 2.24) is 15.7 Å². The molecule has 0 bridgehead atoms. The van der Waals surface area contributed by atoms with Gasteiger partial charge in [-0.15, -0.1) is 0 Å². The van der Waals surface area contributed by atoms with Crippen LogP contribution in [0.3, 0.4) is 0 Å². The second-order valence-corrected chi connectivity index (χ2v) is 8.24. The van der Waals surface area contributed by atoms with Crippen molar-refractivity contribution in [2.75, 3.05) is 32.0 Å². The molecule has 0 saturated carbocycles. The lowest BCUT2D eigenvalue weighted by Crippen LogP contribution is -2.50. The van der Waals surface area contributed by atoms with Crippen molar-refractivity contribution in [2.45, 2.75) is 38.6 Å². The summed E-state index contributed by atoms with van der Waals surface area (Å²) in [7, 11) is 1.95. The fourth-order valence-corrected chi connectivity index (χ4v) is 3.44. The quantitative estimate of drug-likeness (QED) is 0.174. The fourth-order valence-electron chi connectivity index (χ4n) is 3.44. The van der Waals surface area contributed by atoms with E-state index in [0.717, 1.165) is 29.8 Å². The molecule has 0 unspecified atom stereocenters. The standard InChI is InChI=1S/C25H35N5O4/c1-3-4-5-6-15-30(2)17-23(31)27-21-13-11-19(12-14-21)18-7-9-20(10-8-18)24(32)28-22(16-26)25(33)29-34/h7-14,22,34H,3-6,15-17,26H2,1-2H3,(H,27,31)(H,28,32)(H,29,33)/t22-/m0/s1. The topological polar surface area (TPSA) is 137 Å². The largest absolute Gasteiger partial charge is 0.339 e. The van der Waals surface area contributed by atoms with E-state index in [1.54, 1.807) is 24.3 Å². The predicted octanol–water partition coefficient (Wildman–Crippen LogP) is 2.37. The first-order valence-electron chi connectivity index (χ1n) is 11.5. The van der Waals surface area contributed by atoms with Crippen LogP contribution >= 0.6 is 0 Å². The molecule has 184 valence electrons. The van der Waals surface area contributed by atoms with Gasteiger partial charge in [0.1, 0.15) is 6.04 Å². The molecule has 1 atom stereocenters. The molecule has 0 saturated heterocycles. The van der Waals surface area contributed by atoms with E-state index in [1.165, 1.54) is 24.7 Å². The molecule has 34 heavy (non-hydrogen) atoms. The zero-order valence-electron chi connectivity index (χ0n) is 19.8. The van der Waals surface area contributed by atoms with Gasteiger partial charge in [-0.25, -0.2) is 5.48 Å². The Morgan fingerprint density at radius 1 is 0.971 bits per heavy atom. The van der Waals surface area contributed by atoms with Crippen LogP contribution in [0.1, 0.15) is 43.0 Å². The Balaban J connectivity index is 1.90. The normalized spacial score (nSPS) is 11.7. The van der Waals surface area contributed by atoms with Crippen molar-refractivity contribution in [3.63, 3.8) is 0 Å². The van der Waals surface area contributed by atoms with Crippen LogP contribution in [-0.2, 0) is 9.59 Å². The highest BCUT2D eigenvalue weighted by Crippen LogP contribution is 2.22. The third kappa shape index (κ3) is 8.58. The van der Waals surface area contributed by atoms with Crippen LogP contribution < -0.4 is 21.8 Å². The van der Waals surface area contributed by atoms with Crippen molar-refractivity contribution >= 4 is 23.4 Å². The molecule has 0 fully saturated rings. The third-order valence-corrected chi connectivity index (χ3v) is 5.42. The molecule has 0 aliphatic heterocycles. The van der Waals surface area contributed by atoms with Crippen LogP contribution in [0.2, 0.25) is 0 Å². The average molecular weight is 470 g/mol. The van der Waals surface area contributed by atoms with E-state index in [1.807, 2.05) is 36.2 Å². The Bertz CT molecular complexity index is 931. The molecule has 2 rings (SSSR count). The van der Waals surface area contributed by atoms with Gasteiger partial charge in [0, 0.05) is 17.8 Å². The average Bonchev–Trinajstić information content (AvgIpc) is 2.85. The number of amides is 3. The van der Waals surface area contributed by atoms with Gasteiger partial charge in [0.2, 0.25) is 5.91 Å². The number of anilines is 1. The maximum absolute atomic E-state index is 12.3. The minimum atomic E-state index is -1.03. The van der Waals surface area contributed by atoms with Crippen LogP contribution in [-0.4, -0.2) is 60.6 Å². The van der Waals surface area contributed by atoms with Crippen molar-refractivity contribution in [2.24, 2.45) is 5.73 Å². The van der Waals surface area contributed by atoms with Crippen LogP contribution in [0.5, 0.6) is 0 Å². The molecule has 0 aromatic heterocycles. The smallest absolute Gasteiger partial charge is 0.267 e. The molecule has 2 aromatic carbocycles. The summed E-state index contributed by atoms with van der Waals surface area (Å²) in [4.78, 5) is 38.1. The van der Waals surface area contributed by atoms with E-state index in [-0.39, 0.29) is 12.5 Å². The van der Waals surface area contributed by atoms with Gasteiger partial charge in [-0.1, -0.05) is 50.5 Å². The first kappa shape index (κ1) is 27.0. The maximum atomic E-state index is 12.3. The van der Waals surface area contributed by atoms with Crippen molar-refractivity contribution in [3.05, 3.63) is 54.1 Å². The number of unbranched alkanes of at least 4 members (excludes halogenated alkanes) is 3. The van der Waals surface area contributed by atoms with Gasteiger partial charge < -0.3 is 16.4 Å². The molecule has 0 heterocycles. The number of nitrogens with one attached hydrogen (secondary N) is 3. The van der Waals surface area contributed by atoms with E-state index < -0.39 is 17.9 Å². The lowest BCUT2D eigenvalue weighted by Gasteiger charge is -2.16. The number of hydrogen-bond acceptors (Lipinski definition) is 6. The zero-order valence-corrected chi connectivity index (χ0v) is 19.8. The lowest BCUT2D eigenvalue weighted by atomic mass is 10.0. The predicted molar refractivity (Wildman–Crippen MR) is 132 cm³/mol. The minimum Gasteiger partial charge on any atom is -0.339 e. The number of carbonyl (C=O) groups excluding carboxylic acids is 3. The number of likely N-dealkylation sites (N-methyl/N-ethyl adjacent to an activating group) is 1. The van der Waals surface area contributed by atoms with E-state index in [0.29, 0.717) is 12.1 Å². The molecular formula is C25H35N5O4. The van der Waals surface area contributed by atoms with Crippen LogP contribution in [0.25, 0.3) is 11.1 Å². The lowest BCUT2D eigenvalue weighted by molar-refractivity contribution is -0.130. The summed E-state index contributed by atoms with van der Waals surface area (Å²) in [6, 6.07) is 13.3. The molecule has 9 heteroatoms. The molecule has 0 aliphatic carbocycles. The van der Waals surface area contributed by atoms with E-state index in [2.05, 4.69) is 17.6 Å². The molecule has 0 radical (unpaired) electrons. The summed E-state index contributed by atoms with van der Waals surface area (Å²) < 4.78 is 0. The van der Waals surface area contributed by atoms with Gasteiger partial charge in [-0.05, 0) is 55.4 Å². The molecular weight excluding hydrogens is 434 g/mol. The molecule has 0 spiro atoms. The number of nitrogens with two attached hydrogens (primary N) is 1. The summed E-state index contributed by atoms with van der Waals surface area (Å²) >= 11 is 0. The summed E-state index contributed by atoms with van der Waals surface area (Å²) in [5.74, 6) is -1.30. The van der Waals surface area contributed by atoms with Gasteiger partial charge in [-0.2, -0.15) is 0 Å². The molecule has 9 nitrogen and oxygen atoms in total. The van der Waals surface area contributed by atoms with Crippen molar-refractivity contribution < 1.29 is 19.6 Å². The number of rotatable bonds is 13. The molecule has 2 aromatic rings. The minimum absolute atomic E-state index is 0.0493. The zero-order chi connectivity index (χ0) is 24.9. The highest BCUT2D eigenvalue weighted by atomic mass is 16.5. The Kier molecular flexibility index (Phi) is 11.2. The molecule has 6 N–H and O–H groups in total. The maximum Gasteiger partial charge on any atom is 0.267 e. The number of carbonyl (C=O) groups is 3. The van der Waals surface area contributed by atoms with E-state index in [4.69, 9.17) is 10.9 Å². The van der Waals surface area contributed by atoms with E-state index in [9.17, 15) is 14.4 Å². The second-order valence-electron chi connectivity index (χ2n) is 8.24. The van der Waals surface area contributed by atoms with Gasteiger partial charge in [0.05, 0.1) is 6.54 Å². The summed E-state index contributed by atoms with van der Waals surface area (Å²) in [6.07, 6.45) is 4.70. The summed E-state index contributed by atoms with van der Waals surface area (Å²) in [5.41, 5.74) is 9.83. The SMILES string of the molecule is CCCCCCN(C)CC(=O)Nc1ccc(-c2ccc(C(=O)N[C@@H](CN)C(=O)NO)cc2)cc1. The second kappa shape index (κ2) is 14.1. The van der Waals surface area contributed by atoms with Gasteiger partial charge >= 0.3 is 0 Å². The first-order chi connectivity index (χ1) is 16.4. The molecule has 0 aliphatic rings. The third-order valence-electron chi connectivity index (χ3n) is 5.42. The fraction of sp³-hybridized carbons (Fsp3) is 0.400. The van der Waals surface area contributed by atoms with Crippen molar-refractivity contribution in [1.29, 1.82) is 0 Å². The molecule has 3 amide bonds. The summed E-state index contributed by atoms with van der Waals surface area (Å²) in [5, 5.41) is 14.1. The highest BCUT2D eigenvalue weighted by molar-refractivity contribution is 5.98. The van der Waals surface area contributed by atoms with Crippen LogP contribution in [0.4, 0.5) is 5.69 Å². The Hall–Kier alpha value is -3.27.